The van der Waals surface area contributed by atoms with Crippen LogP contribution in [0.15, 0.2) is 18.2 Å². The standard InChI is InChI=1S/C13H17NO5S/c1-14(7-9(15)8-19-2)13(18)11-5-3-10(20-11)4-6-12(16)17/h3-6,9,15H,7-8H2,1-2H3,(H,16,17). The fourth-order valence-electron chi connectivity index (χ4n) is 1.54. The Labute approximate surface area is 120 Å². The van der Waals surface area contributed by atoms with E-state index in [2.05, 4.69) is 0 Å². The lowest BCUT2D eigenvalue weighted by Crippen LogP contribution is -2.35. The zero-order valence-electron chi connectivity index (χ0n) is 11.3. The second kappa shape index (κ2) is 7.78. The molecule has 1 amide bonds. The van der Waals surface area contributed by atoms with Gasteiger partial charge in [0.1, 0.15) is 0 Å². The van der Waals surface area contributed by atoms with Gasteiger partial charge in [0, 0.05) is 31.7 Å². The number of likely N-dealkylation sites (N-methyl/N-ethyl adjacent to an activating group) is 1. The summed E-state index contributed by atoms with van der Waals surface area (Å²) in [5.41, 5.74) is 0. The van der Waals surface area contributed by atoms with Crippen molar-refractivity contribution in [1.29, 1.82) is 0 Å². The van der Waals surface area contributed by atoms with Crippen LogP contribution in [-0.4, -0.2) is 60.4 Å². The van der Waals surface area contributed by atoms with Gasteiger partial charge < -0.3 is 19.8 Å². The minimum absolute atomic E-state index is 0.161. The zero-order valence-corrected chi connectivity index (χ0v) is 12.1. The highest BCUT2D eigenvalue weighted by Gasteiger charge is 2.16. The number of aliphatic hydroxyl groups excluding tert-OH is 1. The molecule has 0 bridgehead atoms. The normalized spacial score (nSPS) is 12.6. The topological polar surface area (TPSA) is 87.1 Å². The highest BCUT2D eigenvalue weighted by molar-refractivity contribution is 7.14. The Bertz CT molecular complexity index is 497. The molecule has 1 unspecified atom stereocenters. The van der Waals surface area contributed by atoms with Crippen molar-refractivity contribution in [1.82, 2.24) is 4.90 Å². The number of aliphatic carboxylic acids is 1. The van der Waals surface area contributed by atoms with Crippen molar-refractivity contribution in [3.63, 3.8) is 0 Å². The smallest absolute Gasteiger partial charge is 0.328 e. The molecule has 0 radical (unpaired) electrons. The van der Waals surface area contributed by atoms with E-state index < -0.39 is 12.1 Å². The second-order valence-corrected chi connectivity index (χ2v) is 5.28. The first-order valence-corrected chi connectivity index (χ1v) is 6.69. The Morgan fingerprint density at radius 3 is 2.80 bits per heavy atom. The molecule has 0 aliphatic carbocycles. The minimum Gasteiger partial charge on any atom is -0.478 e. The predicted molar refractivity (Wildman–Crippen MR) is 75.8 cm³/mol. The number of carboxylic acids is 1. The monoisotopic (exact) mass is 299 g/mol. The third kappa shape index (κ3) is 5.12. The first-order chi connectivity index (χ1) is 9.43. The summed E-state index contributed by atoms with van der Waals surface area (Å²) in [5.74, 6) is -1.26. The van der Waals surface area contributed by atoms with Gasteiger partial charge in [-0.05, 0) is 18.2 Å². The zero-order chi connectivity index (χ0) is 15.1. The molecule has 20 heavy (non-hydrogen) atoms. The molecule has 7 heteroatoms. The van der Waals surface area contributed by atoms with Gasteiger partial charge in [0.2, 0.25) is 0 Å². The van der Waals surface area contributed by atoms with Crippen molar-refractivity contribution in [2.75, 3.05) is 27.3 Å². The molecule has 0 saturated carbocycles. The lowest BCUT2D eigenvalue weighted by molar-refractivity contribution is -0.131. The van der Waals surface area contributed by atoms with E-state index in [0.717, 1.165) is 6.08 Å². The molecule has 1 aromatic rings. The van der Waals surface area contributed by atoms with Gasteiger partial charge in [0.25, 0.3) is 5.91 Å². The molecule has 0 aliphatic heterocycles. The number of aliphatic hydroxyl groups is 1. The Morgan fingerprint density at radius 1 is 1.50 bits per heavy atom. The molecule has 0 aromatic carbocycles. The summed E-state index contributed by atoms with van der Waals surface area (Å²) >= 11 is 1.20. The van der Waals surface area contributed by atoms with Crippen molar-refractivity contribution in [3.8, 4) is 0 Å². The van der Waals surface area contributed by atoms with E-state index in [9.17, 15) is 14.7 Å². The maximum Gasteiger partial charge on any atom is 0.328 e. The van der Waals surface area contributed by atoms with Gasteiger partial charge in [0.05, 0.1) is 17.6 Å². The summed E-state index contributed by atoms with van der Waals surface area (Å²) in [4.78, 5) is 25.1. The molecule has 2 N–H and O–H groups in total. The number of methoxy groups -OCH3 is 1. The lowest BCUT2D eigenvalue weighted by Gasteiger charge is -2.19. The van der Waals surface area contributed by atoms with Crippen LogP contribution in [0.25, 0.3) is 6.08 Å². The average Bonchev–Trinajstić information content (AvgIpc) is 2.84. The van der Waals surface area contributed by atoms with Crippen molar-refractivity contribution < 1.29 is 24.5 Å². The SMILES string of the molecule is COCC(O)CN(C)C(=O)c1ccc(C=CC(=O)O)s1. The Morgan fingerprint density at radius 2 is 2.20 bits per heavy atom. The summed E-state index contributed by atoms with van der Waals surface area (Å²) in [5, 5.41) is 18.1. The number of hydrogen-bond donors (Lipinski definition) is 2. The van der Waals surface area contributed by atoms with Crippen molar-refractivity contribution >= 4 is 29.3 Å². The van der Waals surface area contributed by atoms with E-state index in [1.165, 1.54) is 29.4 Å². The first kappa shape index (κ1) is 16.4. The third-order valence-corrected chi connectivity index (χ3v) is 3.46. The van der Waals surface area contributed by atoms with Crippen LogP contribution in [0.1, 0.15) is 14.5 Å². The van der Waals surface area contributed by atoms with Crippen molar-refractivity contribution in [2.45, 2.75) is 6.10 Å². The van der Waals surface area contributed by atoms with Gasteiger partial charge in [-0.2, -0.15) is 0 Å². The molecular weight excluding hydrogens is 282 g/mol. The quantitative estimate of drug-likeness (QED) is 0.731. The number of carbonyl (C=O) groups is 2. The molecule has 1 aromatic heterocycles. The van der Waals surface area contributed by atoms with Gasteiger partial charge in [-0.3, -0.25) is 4.79 Å². The van der Waals surface area contributed by atoms with Crippen LogP contribution in [0.2, 0.25) is 0 Å². The Balaban J connectivity index is 2.65. The summed E-state index contributed by atoms with van der Waals surface area (Å²) in [6.07, 6.45) is 1.72. The number of thiophene rings is 1. The number of nitrogens with zero attached hydrogens (tertiary/aromatic N) is 1. The number of ether oxygens (including phenoxy) is 1. The van der Waals surface area contributed by atoms with Gasteiger partial charge in [0.15, 0.2) is 0 Å². The van der Waals surface area contributed by atoms with Crippen LogP contribution in [-0.2, 0) is 9.53 Å². The fraction of sp³-hybridized carbons (Fsp3) is 0.385. The molecule has 1 heterocycles. The van der Waals surface area contributed by atoms with E-state index in [-0.39, 0.29) is 19.1 Å². The van der Waals surface area contributed by atoms with Crippen molar-refractivity contribution in [2.24, 2.45) is 0 Å². The maximum absolute atomic E-state index is 12.1. The number of carboxylic acid groups (broad SMARTS) is 1. The summed E-state index contributed by atoms with van der Waals surface area (Å²) in [6, 6.07) is 3.31. The molecular formula is C13H17NO5S. The number of amides is 1. The molecule has 1 atom stereocenters. The molecule has 0 aliphatic rings. The predicted octanol–water partition coefficient (Wildman–Crippen LogP) is 0.925. The van der Waals surface area contributed by atoms with Crippen LogP contribution in [0.4, 0.5) is 0 Å². The fourth-order valence-corrected chi connectivity index (χ4v) is 2.45. The average molecular weight is 299 g/mol. The van der Waals surface area contributed by atoms with Gasteiger partial charge in [-0.1, -0.05) is 0 Å². The van der Waals surface area contributed by atoms with Crippen LogP contribution in [0, 0.1) is 0 Å². The molecule has 6 nitrogen and oxygen atoms in total. The van der Waals surface area contributed by atoms with E-state index in [1.807, 2.05) is 0 Å². The highest BCUT2D eigenvalue weighted by atomic mass is 32.1. The minimum atomic E-state index is -1.04. The lowest BCUT2D eigenvalue weighted by atomic mass is 10.3. The van der Waals surface area contributed by atoms with Crippen LogP contribution >= 0.6 is 11.3 Å². The highest BCUT2D eigenvalue weighted by Crippen LogP contribution is 2.19. The second-order valence-electron chi connectivity index (χ2n) is 4.17. The molecule has 110 valence electrons. The summed E-state index contributed by atoms with van der Waals surface area (Å²) < 4.78 is 4.80. The van der Waals surface area contributed by atoms with Gasteiger partial charge >= 0.3 is 5.97 Å². The number of hydrogen-bond acceptors (Lipinski definition) is 5. The summed E-state index contributed by atoms with van der Waals surface area (Å²) in [6.45, 7) is 0.333. The van der Waals surface area contributed by atoms with E-state index in [0.29, 0.717) is 9.75 Å². The molecule has 1 rings (SSSR count). The van der Waals surface area contributed by atoms with E-state index >= 15 is 0 Å². The van der Waals surface area contributed by atoms with Crippen LogP contribution in [0.3, 0.4) is 0 Å². The van der Waals surface area contributed by atoms with Gasteiger partial charge in [-0.25, -0.2) is 4.79 Å². The third-order valence-electron chi connectivity index (χ3n) is 2.42. The molecule has 0 spiro atoms. The van der Waals surface area contributed by atoms with Gasteiger partial charge in [-0.15, -0.1) is 11.3 Å². The van der Waals surface area contributed by atoms with Crippen LogP contribution < -0.4 is 0 Å². The number of rotatable bonds is 7. The Hall–Kier alpha value is -1.70. The first-order valence-electron chi connectivity index (χ1n) is 5.87. The Kier molecular flexibility index (Phi) is 6.37. The van der Waals surface area contributed by atoms with Crippen LogP contribution in [0.5, 0.6) is 0 Å². The van der Waals surface area contributed by atoms with Crippen molar-refractivity contribution in [3.05, 3.63) is 28.0 Å². The molecule has 0 saturated heterocycles. The molecule has 0 fully saturated rings. The summed E-state index contributed by atoms with van der Waals surface area (Å²) in [7, 11) is 3.07. The maximum atomic E-state index is 12.1. The van der Waals surface area contributed by atoms with E-state index in [1.54, 1.807) is 19.2 Å². The number of carbonyl (C=O) groups excluding carboxylic acids is 1. The largest absolute Gasteiger partial charge is 0.478 e. The van der Waals surface area contributed by atoms with E-state index in [4.69, 9.17) is 9.84 Å².